The molecular formula is C19H24ClN3O3. The van der Waals surface area contributed by atoms with Crippen molar-refractivity contribution in [2.45, 2.75) is 32.1 Å². The summed E-state index contributed by atoms with van der Waals surface area (Å²) in [4.78, 5) is 41.7. The fourth-order valence-corrected chi connectivity index (χ4v) is 3.78. The molecule has 4 amide bonds. The average molecular weight is 378 g/mol. The van der Waals surface area contributed by atoms with Crippen molar-refractivity contribution in [2.75, 3.05) is 32.7 Å². The number of rotatable bonds is 2. The molecule has 2 fully saturated rings. The Morgan fingerprint density at radius 1 is 1.08 bits per heavy atom. The third-order valence-corrected chi connectivity index (χ3v) is 5.46. The van der Waals surface area contributed by atoms with Crippen LogP contribution in [-0.2, 0) is 9.59 Å². The number of benzene rings is 1. The molecule has 3 rings (SSSR count). The number of urea groups is 1. The minimum Gasteiger partial charge on any atom is -0.333 e. The number of carbonyl (C=O) groups is 3. The smallest absolute Gasteiger partial charge is 0.327 e. The molecule has 1 aromatic carbocycles. The van der Waals surface area contributed by atoms with Gasteiger partial charge in [0.05, 0.1) is 0 Å². The minimum atomic E-state index is -0.713. The van der Waals surface area contributed by atoms with Gasteiger partial charge >= 0.3 is 17.8 Å². The number of halogens is 1. The van der Waals surface area contributed by atoms with Crippen molar-refractivity contribution in [3.63, 3.8) is 0 Å². The lowest BCUT2D eigenvalue weighted by Crippen LogP contribution is -2.59. The Kier molecular flexibility index (Phi) is 5.81. The Hall–Kier alpha value is -2.08. The van der Waals surface area contributed by atoms with E-state index in [1.54, 1.807) is 4.90 Å². The largest absolute Gasteiger partial charge is 0.333 e. The fourth-order valence-electron chi connectivity index (χ4n) is 3.65. The number of hydrogen-bond acceptors (Lipinski definition) is 3. The van der Waals surface area contributed by atoms with Crippen molar-refractivity contribution in [1.29, 1.82) is 0 Å². The maximum Gasteiger partial charge on any atom is 0.327 e. The summed E-state index contributed by atoms with van der Waals surface area (Å²) in [5.41, 5.74) is 1.15. The molecule has 7 heteroatoms. The molecule has 0 aromatic heterocycles. The molecule has 0 bridgehead atoms. The molecule has 6 nitrogen and oxygen atoms in total. The first kappa shape index (κ1) is 18.7. The van der Waals surface area contributed by atoms with Crippen molar-refractivity contribution in [1.82, 2.24) is 14.7 Å². The van der Waals surface area contributed by atoms with E-state index in [2.05, 4.69) is 0 Å². The zero-order chi connectivity index (χ0) is 18.7. The zero-order valence-electron chi connectivity index (χ0n) is 15.0. The normalized spacial score (nSPS) is 21.8. The molecule has 26 heavy (non-hydrogen) atoms. The Morgan fingerprint density at radius 3 is 2.50 bits per heavy atom. The Labute approximate surface area is 158 Å². The quantitative estimate of drug-likeness (QED) is 0.744. The molecule has 1 aromatic rings. The highest BCUT2D eigenvalue weighted by Gasteiger charge is 2.38. The van der Waals surface area contributed by atoms with Gasteiger partial charge < -0.3 is 9.80 Å². The molecular weight excluding hydrogens is 354 g/mol. The average Bonchev–Trinajstić information content (AvgIpc) is 2.90. The lowest BCUT2D eigenvalue weighted by atomic mass is 9.94. The van der Waals surface area contributed by atoms with Gasteiger partial charge in [-0.3, -0.25) is 14.5 Å². The van der Waals surface area contributed by atoms with Gasteiger partial charge in [0.2, 0.25) is 0 Å². The van der Waals surface area contributed by atoms with Crippen LogP contribution >= 0.6 is 11.6 Å². The fraction of sp³-hybridized carbons (Fsp3) is 0.526. The third kappa shape index (κ3) is 3.85. The number of piperazine rings is 1. The summed E-state index contributed by atoms with van der Waals surface area (Å²) < 4.78 is 0. The van der Waals surface area contributed by atoms with E-state index >= 15 is 0 Å². The van der Waals surface area contributed by atoms with Crippen LogP contribution < -0.4 is 0 Å². The number of nitrogens with zero attached hydrogens (tertiary/aromatic N) is 3. The number of likely N-dealkylation sites (tertiary alicyclic amines) is 1. The highest BCUT2D eigenvalue weighted by Crippen LogP contribution is 2.28. The van der Waals surface area contributed by atoms with Gasteiger partial charge in [0, 0.05) is 43.7 Å². The van der Waals surface area contributed by atoms with Crippen molar-refractivity contribution in [3.05, 3.63) is 34.9 Å². The van der Waals surface area contributed by atoms with Crippen LogP contribution in [0.15, 0.2) is 24.3 Å². The molecule has 2 aliphatic heterocycles. The van der Waals surface area contributed by atoms with E-state index in [0.717, 1.165) is 29.7 Å². The molecule has 140 valence electrons. The van der Waals surface area contributed by atoms with Crippen molar-refractivity contribution >= 4 is 29.4 Å². The molecule has 0 saturated carbocycles. The van der Waals surface area contributed by atoms with Gasteiger partial charge in [0.25, 0.3) is 0 Å². The van der Waals surface area contributed by atoms with Crippen LogP contribution in [0, 0.1) is 0 Å². The minimum absolute atomic E-state index is 0.210. The molecule has 0 radical (unpaired) electrons. The van der Waals surface area contributed by atoms with Gasteiger partial charge in [-0.05, 0) is 37.5 Å². The predicted molar refractivity (Wildman–Crippen MR) is 99.0 cm³/mol. The third-order valence-electron chi connectivity index (χ3n) is 5.20. The first-order valence-corrected chi connectivity index (χ1v) is 9.54. The van der Waals surface area contributed by atoms with Crippen LogP contribution in [0.2, 0.25) is 5.02 Å². The van der Waals surface area contributed by atoms with E-state index in [-0.39, 0.29) is 18.5 Å². The van der Waals surface area contributed by atoms with E-state index in [9.17, 15) is 14.4 Å². The van der Waals surface area contributed by atoms with E-state index in [0.29, 0.717) is 31.2 Å². The summed E-state index contributed by atoms with van der Waals surface area (Å²) in [5, 5.41) is 0.688. The SMILES string of the molecule is CCN1CCN(C(=O)N2CCCC[C@H](c3ccc(Cl)cc3)C2)C(=O)C1=O. The molecule has 2 aliphatic rings. The van der Waals surface area contributed by atoms with Crippen molar-refractivity contribution in [2.24, 2.45) is 0 Å². The van der Waals surface area contributed by atoms with Crippen LogP contribution in [0.1, 0.15) is 37.7 Å². The molecule has 1 atom stereocenters. The molecule has 0 spiro atoms. The summed E-state index contributed by atoms with van der Waals surface area (Å²) in [5.74, 6) is -1.09. The Balaban J connectivity index is 1.73. The zero-order valence-corrected chi connectivity index (χ0v) is 15.7. The van der Waals surface area contributed by atoms with Crippen LogP contribution in [-0.4, -0.2) is 65.3 Å². The number of likely N-dealkylation sites (N-methyl/N-ethyl adjacent to an activating group) is 1. The van der Waals surface area contributed by atoms with E-state index in [1.165, 1.54) is 4.90 Å². The van der Waals surface area contributed by atoms with E-state index < -0.39 is 11.8 Å². The first-order chi connectivity index (χ1) is 12.5. The lowest BCUT2D eigenvalue weighted by molar-refractivity contribution is -0.153. The predicted octanol–water partition coefficient (Wildman–Crippen LogP) is 2.72. The molecule has 2 saturated heterocycles. The Morgan fingerprint density at radius 2 is 1.81 bits per heavy atom. The Bertz CT molecular complexity index is 692. The maximum absolute atomic E-state index is 12.9. The summed E-state index contributed by atoms with van der Waals surface area (Å²) in [6, 6.07) is 7.37. The lowest BCUT2D eigenvalue weighted by Gasteiger charge is -2.35. The van der Waals surface area contributed by atoms with Crippen LogP contribution in [0.4, 0.5) is 4.79 Å². The summed E-state index contributed by atoms with van der Waals surface area (Å²) in [6.45, 7) is 4.14. The summed E-state index contributed by atoms with van der Waals surface area (Å²) >= 11 is 5.97. The van der Waals surface area contributed by atoms with E-state index in [4.69, 9.17) is 11.6 Å². The monoisotopic (exact) mass is 377 g/mol. The van der Waals surface area contributed by atoms with Gasteiger partial charge in [0.1, 0.15) is 0 Å². The van der Waals surface area contributed by atoms with Crippen LogP contribution in [0.5, 0.6) is 0 Å². The number of hydrogen-bond donors (Lipinski definition) is 0. The maximum atomic E-state index is 12.9. The van der Waals surface area contributed by atoms with Crippen LogP contribution in [0.3, 0.4) is 0 Å². The second kappa shape index (κ2) is 8.08. The van der Waals surface area contributed by atoms with Gasteiger partial charge in [-0.1, -0.05) is 30.2 Å². The second-order valence-corrected chi connectivity index (χ2v) is 7.25. The number of carbonyl (C=O) groups excluding carboxylic acids is 3. The van der Waals surface area contributed by atoms with Crippen LogP contribution in [0.25, 0.3) is 0 Å². The number of imide groups is 1. The topological polar surface area (TPSA) is 60.9 Å². The highest BCUT2D eigenvalue weighted by atomic mass is 35.5. The van der Waals surface area contributed by atoms with E-state index in [1.807, 2.05) is 31.2 Å². The molecule has 0 aliphatic carbocycles. The van der Waals surface area contributed by atoms with Gasteiger partial charge in [-0.25, -0.2) is 4.79 Å². The molecule has 0 N–H and O–H groups in total. The van der Waals surface area contributed by atoms with Crippen molar-refractivity contribution in [3.8, 4) is 0 Å². The highest BCUT2D eigenvalue weighted by molar-refractivity contribution is 6.38. The number of amides is 4. The molecule has 0 unspecified atom stereocenters. The molecule has 2 heterocycles. The summed E-state index contributed by atoms with van der Waals surface area (Å²) in [7, 11) is 0. The van der Waals surface area contributed by atoms with Crippen molar-refractivity contribution < 1.29 is 14.4 Å². The summed E-state index contributed by atoms with van der Waals surface area (Å²) in [6.07, 6.45) is 2.91. The van der Waals surface area contributed by atoms with Gasteiger partial charge in [-0.2, -0.15) is 0 Å². The first-order valence-electron chi connectivity index (χ1n) is 9.16. The standard InChI is InChI=1S/C19H24ClN3O3/c1-2-21-11-12-23(18(25)17(21)24)19(26)22-10-4-3-5-15(13-22)14-6-8-16(20)9-7-14/h6-9,15H,2-5,10-13H2,1H3/t15-/m0/s1. The van der Waals surface area contributed by atoms with Gasteiger partial charge in [0.15, 0.2) is 0 Å². The van der Waals surface area contributed by atoms with Gasteiger partial charge in [-0.15, -0.1) is 0 Å². The second-order valence-electron chi connectivity index (χ2n) is 6.81.